The molecular formula is C23H17N5O3. The Morgan fingerprint density at radius 2 is 1.48 bits per heavy atom. The van der Waals surface area contributed by atoms with Gasteiger partial charge in [-0.25, -0.2) is 9.80 Å². The fourth-order valence-electron chi connectivity index (χ4n) is 3.61. The van der Waals surface area contributed by atoms with Crippen molar-refractivity contribution in [3.05, 3.63) is 95.1 Å². The Hall–Kier alpha value is -4.33. The number of hydrogen-bond acceptors (Lipinski definition) is 5. The van der Waals surface area contributed by atoms with Gasteiger partial charge in [0.05, 0.1) is 23.2 Å². The van der Waals surface area contributed by atoms with Crippen molar-refractivity contribution in [2.75, 3.05) is 0 Å². The second-order valence-electron chi connectivity index (χ2n) is 7.28. The number of fused-ring (bicyclic) bond motifs is 2. The van der Waals surface area contributed by atoms with Crippen LogP contribution in [0.3, 0.4) is 0 Å². The third-order valence-corrected chi connectivity index (χ3v) is 5.22. The van der Waals surface area contributed by atoms with E-state index < -0.39 is 17.8 Å². The van der Waals surface area contributed by atoms with E-state index in [1.54, 1.807) is 48.5 Å². The minimum absolute atomic E-state index is 0.0127. The predicted octanol–water partition coefficient (Wildman–Crippen LogP) is 3.42. The van der Waals surface area contributed by atoms with Gasteiger partial charge in [0.15, 0.2) is 0 Å². The van der Waals surface area contributed by atoms with E-state index in [0.717, 1.165) is 25.8 Å². The molecule has 0 radical (unpaired) electrons. The minimum Gasteiger partial charge on any atom is -0.267 e. The third-order valence-electron chi connectivity index (χ3n) is 5.22. The number of carbonyl (C=O) groups excluding carboxylic acids is 3. The van der Waals surface area contributed by atoms with E-state index in [1.807, 2.05) is 31.2 Å². The van der Waals surface area contributed by atoms with E-state index in [9.17, 15) is 14.4 Å². The molecule has 1 aliphatic heterocycles. The van der Waals surface area contributed by atoms with Crippen molar-refractivity contribution >= 4 is 28.9 Å². The molecule has 152 valence electrons. The number of rotatable bonds is 3. The van der Waals surface area contributed by atoms with Gasteiger partial charge in [-0.2, -0.15) is 9.69 Å². The van der Waals surface area contributed by atoms with E-state index in [2.05, 4.69) is 10.3 Å². The number of aryl methyl sites for hydroxylation is 1. The second-order valence-corrected chi connectivity index (χ2v) is 7.28. The van der Waals surface area contributed by atoms with Crippen LogP contribution in [0, 0.1) is 6.92 Å². The number of hydrogen-bond donors (Lipinski definition) is 0. The summed E-state index contributed by atoms with van der Waals surface area (Å²) in [5.41, 5.74) is 3.37. The van der Waals surface area contributed by atoms with Gasteiger partial charge in [-0.3, -0.25) is 9.59 Å². The number of benzene rings is 3. The number of carbonyl (C=O) groups is 3. The lowest BCUT2D eigenvalue weighted by Gasteiger charge is -2.29. The molecule has 0 unspecified atom stereocenters. The van der Waals surface area contributed by atoms with Crippen molar-refractivity contribution in [1.29, 1.82) is 0 Å². The van der Waals surface area contributed by atoms with Crippen LogP contribution < -0.4 is 0 Å². The van der Waals surface area contributed by atoms with Gasteiger partial charge in [-0.15, -0.1) is 5.10 Å². The molecule has 8 heteroatoms. The first-order valence-electron chi connectivity index (χ1n) is 9.70. The van der Waals surface area contributed by atoms with Crippen LogP contribution in [0.4, 0.5) is 4.79 Å². The Kier molecular flexibility index (Phi) is 4.32. The molecular weight excluding hydrogens is 394 g/mol. The molecule has 0 fully saturated rings. The fourth-order valence-corrected chi connectivity index (χ4v) is 3.61. The molecule has 8 nitrogen and oxygen atoms in total. The largest absolute Gasteiger partial charge is 0.366 e. The molecule has 0 bridgehead atoms. The van der Waals surface area contributed by atoms with Gasteiger partial charge in [0.25, 0.3) is 11.8 Å². The molecule has 0 atom stereocenters. The number of imide groups is 1. The molecule has 5 rings (SSSR count). The average Bonchev–Trinajstić information content (AvgIpc) is 3.33. The zero-order chi connectivity index (χ0) is 21.5. The fraction of sp³-hybridized carbons (Fsp3) is 0.0870. The van der Waals surface area contributed by atoms with Gasteiger partial charge >= 0.3 is 6.03 Å². The summed E-state index contributed by atoms with van der Waals surface area (Å²) in [5, 5.41) is 10.0. The third kappa shape index (κ3) is 3.05. The zero-order valence-corrected chi connectivity index (χ0v) is 16.6. The number of hydrazine groups is 1. The number of para-hydroxylation sites is 1. The molecule has 0 saturated carbocycles. The Morgan fingerprint density at radius 3 is 2.16 bits per heavy atom. The van der Waals surface area contributed by atoms with E-state index in [4.69, 9.17) is 0 Å². The molecule has 1 aliphatic rings. The summed E-state index contributed by atoms with van der Waals surface area (Å²) < 4.78 is 1.10. The lowest BCUT2D eigenvalue weighted by atomic mass is 10.1. The standard InChI is InChI=1S/C23H17N5O3/c1-15-10-12-16(13-11-15)14-26(23(31)27-20-9-5-4-8-19(20)24-25-27)28-21(29)17-6-2-3-7-18(17)22(28)30/h2-13H,14H2,1H3. The molecule has 31 heavy (non-hydrogen) atoms. The Labute approximate surface area is 177 Å². The SMILES string of the molecule is Cc1ccc(CN(C(=O)n2nnc3ccccc32)N2C(=O)c3ccccc3C2=O)cc1. The highest BCUT2D eigenvalue weighted by Crippen LogP contribution is 2.26. The summed E-state index contributed by atoms with van der Waals surface area (Å²) in [7, 11) is 0. The summed E-state index contributed by atoms with van der Waals surface area (Å²) in [4.78, 5) is 39.8. The normalized spacial score (nSPS) is 13.0. The van der Waals surface area contributed by atoms with E-state index in [1.165, 1.54) is 0 Å². The molecule has 0 spiro atoms. The zero-order valence-electron chi connectivity index (χ0n) is 16.6. The Morgan fingerprint density at radius 1 is 0.871 bits per heavy atom. The van der Waals surface area contributed by atoms with Crippen LogP contribution in [0.25, 0.3) is 11.0 Å². The van der Waals surface area contributed by atoms with Crippen LogP contribution in [0.15, 0.2) is 72.8 Å². The van der Waals surface area contributed by atoms with Crippen molar-refractivity contribution in [1.82, 2.24) is 25.0 Å². The van der Waals surface area contributed by atoms with E-state index in [0.29, 0.717) is 11.0 Å². The first-order chi connectivity index (χ1) is 15.0. The van der Waals surface area contributed by atoms with E-state index in [-0.39, 0.29) is 17.7 Å². The summed E-state index contributed by atoms with van der Waals surface area (Å²) >= 11 is 0. The van der Waals surface area contributed by atoms with Crippen LogP contribution in [0.2, 0.25) is 0 Å². The monoisotopic (exact) mass is 411 g/mol. The highest BCUT2D eigenvalue weighted by atomic mass is 16.2. The van der Waals surface area contributed by atoms with Crippen molar-refractivity contribution in [2.24, 2.45) is 0 Å². The molecule has 2 heterocycles. The number of nitrogens with zero attached hydrogens (tertiary/aromatic N) is 5. The van der Waals surface area contributed by atoms with Crippen LogP contribution in [-0.4, -0.2) is 42.9 Å². The smallest absolute Gasteiger partial charge is 0.267 e. The van der Waals surface area contributed by atoms with Crippen molar-refractivity contribution < 1.29 is 14.4 Å². The summed E-state index contributed by atoms with van der Waals surface area (Å²) in [5.74, 6) is -1.10. The minimum atomic E-state index is -0.649. The van der Waals surface area contributed by atoms with Gasteiger partial charge in [0.1, 0.15) is 5.52 Å². The Balaban J connectivity index is 1.60. The van der Waals surface area contributed by atoms with Gasteiger partial charge in [0, 0.05) is 0 Å². The van der Waals surface area contributed by atoms with Gasteiger partial charge in [0.2, 0.25) is 0 Å². The molecule has 0 N–H and O–H groups in total. The van der Waals surface area contributed by atoms with Crippen molar-refractivity contribution in [3.63, 3.8) is 0 Å². The Bertz CT molecular complexity index is 1310. The summed E-state index contributed by atoms with van der Waals surface area (Å²) in [6, 6.07) is 20.4. The van der Waals surface area contributed by atoms with Crippen molar-refractivity contribution in [2.45, 2.75) is 13.5 Å². The predicted molar refractivity (Wildman–Crippen MR) is 112 cm³/mol. The van der Waals surface area contributed by atoms with Gasteiger partial charge in [-0.05, 0) is 36.8 Å². The lowest BCUT2D eigenvalue weighted by Crippen LogP contribution is -2.50. The molecule has 1 aromatic heterocycles. The van der Waals surface area contributed by atoms with Crippen LogP contribution in [0.1, 0.15) is 31.8 Å². The topological polar surface area (TPSA) is 88.4 Å². The molecule has 3 aromatic carbocycles. The van der Waals surface area contributed by atoms with Crippen LogP contribution in [-0.2, 0) is 6.54 Å². The van der Waals surface area contributed by atoms with Crippen LogP contribution >= 0.6 is 0 Å². The molecule has 0 aliphatic carbocycles. The number of amides is 3. The highest BCUT2D eigenvalue weighted by Gasteiger charge is 2.42. The summed E-state index contributed by atoms with van der Waals surface area (Å²) in [6.45, 7) is 1.97. The number of aromatic nitrogens is 3. The van der Waals surface area contributed by atoms with Crippen LogP contribution in [0.5, 0.6) is 0 Å². The highest BCUT2D eigenvalue weighted by molar-refractivity contribution is 6.21. The average molecular weight is 411 g/mol. The summed E-state index contributed by atoms with van der Waals surface area (Å²) in [6.07, 6.45) is 0. The first kappa shape index (κ1) is 18.7. The maximum atomic E-state index is 13.6. The maximum Gasteiger partial charge on any atom is 0.366 e. The maximum absolute atomic E-state index is 13.6. The second kappa shape index (κ2) is 7.17. The first-order valence-corrected chi connectivity index (χ1v) is 9.70. The van der Waals surface area contributed by atoms with E-state index >= 15 is 0 Å². The van der Waals surface area contributed by atoms with Gasteiger partial charge < -0.3 is 0 Å². The van der Waals surface area contributed by atoms with Gasteiger partial charge in [-0.1, -0.05) is 59.3 Å². The molecule has 4 aromatic rings. The molecule has 0 saturated heterocycles. The quantitative estimate of drug-likeness (QED) is 0.482. The molecule has 3 amide bonds. The van der Waals surface area contributed by atoms with Crippen molar-refractivity contribution in [3.8, 4) is 0 Å². The lowest BCUT2D eigenvalue weighted by molar-refractivity contribution is 0.0151.